The van der Waals surface area contributed by atoms with E-state index in [2.05, 4.69) is 15.0 Å². The Hall–Kier alpha value is -2.34. The van der Waals surface area contributed by atoms with E-state index < -0.39 is 0 Å². The fraction of sp³-hybridized carbons (Fsp3) is 0.235. The van der Waals surface area contributed by atoms with Gasteiger partial charge < -0.3 is 9.88 Å². The third-order valence-electron chi connectivity index (χ3n) is 3.52. The lowest BCUT2D eigenvalue weighted by atomic mass is 10.2. The molecule has 0 saturated carbocycles. The predicted molar refractivity (Wildman–Crippen MR) is 93.8 cm³/mol. The van der Waals surface area contributed by atoms with Gasteiger partial charge in [0.2, 0.25) is 5.91 Å². The number of benzene rings is 1. The van der Waals surface area contributed by atoms with Crippen molar-refractivity contribution in [2.24, 2.45) is 0 Å². The third kappa shape index (κ3) is 3.53. The van der Waals surface area contributed by atoms with Crippen LogP contribution in [0, 0.1) is 6.92 Å². The van der Waals surface area contributed by atoms with Gasteiger partial charge in [0.15, 0.2) is 5.16 Å². The summed E-state index contributed by atoms with van der Waals surface area (Å²) < 4.78 is 0. The van der Waals surface area contributed by atoms with Crippen LogP contribution in [0.5, 0.6) is 0 Å². The summed E-state index contributed by atoms with van der Waals surface area (Å²) in [6.45, 7) is 4.66. The van der Waals surface area contributed by atoms with Crippen LogP contribution in [0.25, 0.3) is 11.0 Å². The number of hydrogen-bond donors (Lipinski definition) is 1. The second-order valence-electron chi connectivity index (χ2n) is 5.20. The number of thioether (sulfide) groups is 1. The summed E-state index contributed by atoms with van der Waals surface area (Å²) in [5, 5.41) is 0.738. The molecule has 3 aromatic rings. The monoisotopic (exact) mass is 326 g/mol. The van der Waals surface area contributed by atoms with Crippen LogP contribution >= 0.6 is 11.8 Å². The van der Waals surface area contributed by atoms with Gasteiger partial charge in [0, 0.05) is 18.4 Å². The van der Waals surface area contributed by atoms with Crippen LogP contribution in [0.3, 0.4) is 0 Å². The first-order valence-corrected chi connectivity index (χ1v) is 8.45. The number of amides is 1. The minimum absolute atomic E-state index is 0.0710. The number of nitrogens with zero attached hydrogens (tertiary/aromatic N) is 3. The van der Waals surface area contributed by atoms with E-state index in [1.54, 1.807) is 17.3 Å². The zero-order valence-electron chi connectivity index (χ0n) is 13.1. The molecule has 23 heavy (non-hydrogen) atoms. The van der Waals surface area contributed by atoms with Gasteiger partial charge in [0.25, 0.3) is 0 Å². The van der Waals surface area contributed by atoms with Gasteiger partial charge in [-0.25, -0.2) is 4.98 Å². The summed E-state index contributed by atoms with van der Waals surface area (Å²) in [4.78, 5) is 26.0. The van der Waals surface area contributed by atoms with Crippen LogP contribution in [0.4, 0.5) is 5.69 Å². The highest BCUT2D eigenvalue weighted by Gasteiger charge is 2.15. The van der Waals surface area contributed by atoms with E-state index in [0.717, 1.165) is 27.4 Å². The van der Waals surface area contributed by atoms with Crippen molar-refractivity contribution >= 4 is 34.4 Å². The van der Waals surface area contributed by atoms with Crippen LogP contribution in [-0.4, -0.2) is 33.2 Å². The van der Waals surface area contributed by atoms with Gasteiger partial charge in [0.05, 0.1) is 23.0 Å². The van der Waals surface area contributed by atoms with Gasteiger partial charge in [-0.3, -0.25) is 9.78 Å². The van der Waals surface area contributed by atoms with Crippen LogP contribution in [-0.2, 0) is 4.79 Å². The van der Waals surface area contributed by atoms with Crippen molar-refractivity contribution in [2.45, 2.75) is 19.0 Å². The summed E-state index contributed by atoms with van der Waals surface area (Å²) in [7, 11) is 0. The second-order valence-corrected chi connectivity index (χ2v) is 6.16. The van der Waals surface area contributed by atoms with E-state index in [0.29, 0.717) is 12.3 Å². The third-order valence-corrected chi connectivity index (χ3v) is 4.38. The van der Waals surface area contributed by atoms with Crippen molar-refractivity contribution < 1.29 is 4.79 Å². The van der Waals surface area contributed by atoms with Gasteiger partial charge >= 0.3 is 0 Å². The summed E-state index contributed by atoms with van der Waals surface area (Å²) in [6.07, 6.45) is 3.44. The maximum absolute atomic E-state index is 12.5. The Morgan fingerprint density at radius 1 is 1.35 bits per heavy atom. The Balaban J connectivity index is 1.70. The number of aromatic nitrogens is 3. The maximum Gasteiger partial charge on any atom is 0.237 e. The molecule has 0 radical (unpaired) electrons. The highest BCUT2D eigenvalue weighted by atomic mass is 32.2. The largest absolute Gasteiger partial charge is 0.332 e. The number of carbonyl (C=O) groups excluding carboxylic acids is 1. The van der Waals surface area contributed by atoms with Crippen LogP contribution in [0.15, 0.2) is 47.9 Å². The smallest absolute Gasteiger partial charge is 0.237 e. The maximum atomic E-state index is 12.5. The van der Waals surface area contributed by atoms with E-state index in [1.807, 2.05) is 44.2 Å². The average Bonchev–Trinajstić information content (AvgIpc) is 2.96. The molecule has 0 aliphatic heterocycles. The van der Waals surface area contributed by atoms with Crippen LogP contribution in [0.2, 0.25) is 0 Å². The van der Waals surface area contributed by atoms with Gasteiger partial charge in [-0.05, 0) is 37.6 Å². The van der Waals surface area contributed by atoms with E-state index in [-0.39, 0.29) is 5.91 Å². The summed E-state index contributed by atoms with van der Waals surface area (Å²) in [5.74, 6) is 0.413. The standard InChI is InChI=1S/C17H18N4OS/c1-3-21(13-6-4-5-12(2)9-13)16(22)11-23-17-19-14-7-8-18-10-15(14)20-17/h4-10H,3,11H2,1-2H3,(H,19,20). The molecule has 2 heterocycles. The predicted octanol–water partition coefficient (Wildman–Crippen LogP) is 3.41. The summed E-state index contributed by atoms with van der Waals surface area (Å²) >= 11 is 1.41. The highest BCUT2D eigenvalue weighted by molar-refractivity contribution is 7.99. The number of pyridine rings is 1. The lowest BCUT2D eigenvalue weighted by Crippen LogP contribution is -2.32. The van der Waals surface area contributed by atoms with Crippen molar-refractivity contribution in [1.29, 1.82) is 0 Å². The SMILES string of the molecule is CCN(C(=O)CSc1nc2ccncc2[nH]1)c1cccc(C)c1. The number of nitrogens with one attached hydrogen (secondary N) is 1. The fourth-order valence-electron chi connectivity index (χ4n) is 2.41. The number of rotatable bonds is 5. The Morgan fingerprint density at radius 2 is 2.22 bits per heavy atom. The number of hydrogen-bond acceptors (Lipinski definition) is 4. The first-order valence-electron chi connectivity index (χ1n) is 7.47. The first kappa shape index (κ1) is 15.6. The lowest BCUT2D eigenvalue weighted by molar-refractivity contribution is -0.116. The van der Waals surface area contributed by atoms with Crippen molar-refractivity contribution in [2.75, 3.05) is 17.2 Å². The van der Waals surface area contributed by atoms with Crippen LogP contribution < -0.4 is 4.90 Å². The quantitative estimate of drug-likeness (QED) is 0.730. The normalized spacial score (nSPS) is 10.9. The van der Waals surface area contributed by atoms with Crippen molar-refractivity contribution in [1.82, 2.24) is 15.0 Å². The van der Waals surface area contributed by atoms with Crippen molar-refractivity contribution in [3.63, 3.8) is 0 Å². The molecule has 0 spiro atoms. The molecule has 0 fully saturated rings. The molecular weight excluding hydrogens is 308 g/mol. The first-order chi connectivity index (χ1) is 11.2. The highest BCUT2D eigenvalue weighted by Crippen LogP contribution is 2.21. The molecule has 0 saturated heterocycles. The molecule has 2 aromatic heterocycles. The van der Waals surface area contributed by atoms with Crippen molar-refractivity contribution in [3.05, 3.63) is 48.3 Å². The number of H-pyrrole nitrogens is 1. The minimum atomic E-state index is 0.0710. The molecule has 0 aliphatic carbocycles. The molecule has 0 atom stereocenters. The number of aryl methyl sites for hydroxylation is 1. The zero-order chi connectivity index (χ0) is 16.2. The van der Waals surface area contributed by atoms with E-state index >= 15 is 0 Å². The van der Waals surface area contributed by atoms with Gasteiger partial charge in [-0.15, -0.1) is 0 Å². The van der Waals surface area contributed by atoms with Gasteiger partial charge in [0.1, 0.15) is 0 Å². The Labute approximate surface area is 139 Å². The number of carbonyl (C=O) groups is 1. The molecular formula is C17H18N4OS. The molecule has 0 aliphatic rings. The van der Waals surface area contributed by atoms with E-state index in [4.69, 9.17) is 0 Å². The number of aromatic amines is 1. The minimum Gasteiger partial charge on any atom is -0.332 e. The average molecular weight is 326 g/mol. The number of imidazole rings is 1. The molecule has 0 bridgehead atoms. The number of fused-ring (bicyclic) bond motifs is 1. The fourth-order valence-corrected chi connectivity index (χ4v) is 3.17. The number of anilines is 1. The van der Waals surface area contributed by atoms with E-state index in [1.165, 1.54) is 11.8 Å². The Kier molecular flexibility index (Phi) is 4.62. The Morgan fingerprint density at radius 3 is 2.96 bits per heavy atom. The molecule has 1 N–H and O–H groups in total. The van der Waals surface area contributed by atoms with Gasteiger partial charge in [-0.2, -0.15) is 0 Å². The van der Waals surface area contributed by atoms with Gasteiger partial charge in [-0.1, -0.05) is 23.9 Å². The molecule has 1 aromatic carbocycles. The molecule has 1 amide bonds. The van der Waals surface area contributed by atoms with Crippen LogP contribution in [0.1, 0.15) is 12.5 Å². The molecule has 118 valence electrons. The molecule has 6 heteroatoms. The summed E-state index contributed by atoms with van der Waals surface area (Å²) in [5.41, 5.74) is 3.83. The summed E-state index contributed by atoms with van der Waals surface area (Å²) in [6, 6.07) is 9.84. The van der Waals surface area contributed by atoms with Crippen molar-refractivity contribution in [3.8, 4) is 0 Å². The zero-order valence-corrected chi connectivity index (χ0v) is 13.9. The molecule has 0 unspecified atom stereocenters. The topological polar surface area (TPSA) is 61.9 Å². The molecule has 3 rings (SSSR count). The lowest BCUT2D eigenvalue weighted by Gasteiger charge is -2.21. The molecule has 5 nitrogen and oxygen atoms in total. The second kappa shape index (κ2) is 6.83. The Bertz CT molecular complexity index is 797. The van der Waals surface area contributed by atoms with E-state index in [9.17, 15) is 4.79 Å².